The molecule has 0 unspecified atom stereocenters. The molecule has 0 aliphatic heterocycles. The number of ether oxygens (including phenoxy) is 1. The van der Waals surface area contributed by atoms with Crippen LogP contribution >= 0.6 is 12.2 Å². The molecule has 2 aromatic rings. The van der Waals surface area contributed by atoms with Gasteiger partial charge in [-0.3, -0.25) is 14.9 Å². The summed E-state index contributed by atoms with van der Waals surface area (Å²) in [6.45, 7) is 5.22. The van der Waals surface area contributed by atoms with Crippen molar-refractivity contribution in [1.82, 2.24) is 10.6 Å². The Morgan fingerprint density at radius 3 is 2.37 bits per heavy atom. The van der Waals surface area contributed by atoms with Crippen LogP contribution in [0.15, 0.2) is 48.5 Å². The van der Waals surface area contributed by atoms with Gasteiger partial charge in [-0.15, -0.1) is 0 Å². The lowest BCUT2D eigenvalue weighted by Gasteiger charge is -2.13. The maximum absolute atomic E-state index is 12.5. The Hall–Kier alpha value is -2.93. The van der Waals surface area contributed by atoms with Gasteiger partial charge in [0.15, 0.2) is 5.11 Å². The van der Waals surface area contributed by atoms with Crippen LogP contribution in [0.5, 0.6) is 5.75 Å². The van der Waals surface area contributed by atoms with Gasteiger partial charge in [0.2, 0.25) is 0 Å². The highest BCUT2D eigenvalue weighted by atomic mass is 32.1. The molecular weight excluding hydrogens is 398 g/mol. The number of carbonyl (C=O) groups is 2. The van der Waals surface area contributed by atoms with Crippen LogP contribution in [0.2, 0.25) is 0 Å². The third-order valence-electron chi connectivity index (χ3n) is 4.37. The summed E-state index contributed by atoms with van der Waals surface area (Å²) in [5.41, 5.74) is 1.45. The summed E-state index contributed by atoms with van der Waals surface area (Å²) < 4.78 is 5.70. The number of hydrogen-bond acceptors (Lipinski definition) is 4. The van der Waals surface area contributed by atoms with Crippen LogP contribution < -0.4 is 20.7 Å². The molecule has 2 rings (SSSR count). The Kier molecular flexibility index (Phi) is 9.80. The van der Waals surface area contributed by atoms with Gasteiger partial charge in [0.25, 0.3) is 11.8 Å². The molecule has 2 aromatic carbocycles. The lowest BCUT2D eigenvalue weighted by molar-refractivity contribution is 0.0954. The summed E-state index contributed by atoms with van der Waals surface area (Å²) in [5.74, 6) is 0.192. The number of unbranched alkanes of at least 4 members (excludes halogenated alkanes) is 3. The van der Waals surface area contributed by atoms with Crippen molar-refractivity contribution in [3.05, 3.63) is 59.7 Å². The monoisotopic (exact) mass is 427 g/mol. The smallest absolute Gasteiger partial charge is 0.257 e. The fourth-order valence-corrected chi connectivity index (χ4v) is 3.00. The van der Waals surface area contributed by atoms with E-state index in [2.05, 4.69) is 22.9 Å². The van der Waals surface area contributed by atoms with E-state index < -0.39 is 0 Å². The minimum Gasteiger partial charge on any atom is -0.494 e. The van der Waals surface area contributed by atoms with E-state index in [1.165, 1.54) is 12.8 Å². The summed E-state index contributed by atoms with van der Waals surface area (Å²) in [5, 5.41) is 8.43. The van der Waals surface area contributed by atoms with Crippen LogP contribution in [-0.2, 0) is 0 Å². The molecule has 3 N–H and O–H groups in total. The topological polar surface area (TPSA) is 79.5 Å². The van der Waals surface area contributed by atoms with Gasteiger partial charge >= 0.3 is 0 Å². The number of thiocarbonyl (C=S) groups is 1. The molecule has 160 valence electrons. The lowest BCUT2D eigenvalue weighted by Crippen LogP contribution is -2.35. The average molecular weight is 428 g/mol. The van der Waals surface area contributed by atoms with Crippen LogP contribution in [-0.4, -0.2) is 30.1 Å². The zero-order valence-electron chi connectivity index (χ0n) is 17.5. The van der Waals surface area contributed by atoms with Crippen molar-refractivity contribution in [2.75, 3.05) is 18.5 Å². The summed E-state index contributed by atoms with van der Waals surface area (Å²) >= 11 is 5.24. The van der Waals surface area contributed by atoms with Crippen LogP contribution in [0.25, 0.3) is 0 Å². The predicted molar refractivity (Wildman–Crippen MR) is 124 cm³/mol. The second-order valence-corrected chi connectivity index (χ2v) is 7.16. The SMILES string of the molecule is CCCCCCOc1ccc(C(=O)NC(=S)Nc2ccccc2C(=O)NCC)cc1. The first-order valence-corrected chi connectivity index (χ1v) is 10.7. The predicted octanol–water partition coefficient (Wildman–Crippen LogP) is 4.52. The second kappa shape index (κ2) is 12.6. The van der Waals surface area contributed by atoms with Gasteiger partial charge in [0, 0.05) is 12.1 Å². The molecule has 0 bridgehead atoms. The van der Waals surface area contributed by atoms with E-state index in [1.54, 1.807) is 48.5 Å². The molecule has 0 fully saturated rings. The largest absolute Gasteiger partial charge is 0.494 e. The Morgan fingerprint density at radius 1 is 0.933 bits per heavy atom. The average Bonchev–Trinajstić information content (AvgIpc) is 2.74. The van der Waals surface area contributed by atoms with Gasteiger partial charge in [0.1, 0.15) is 5.75 Å². The third kappa shape index (κ3) is 7.48. The molecule has 0 spiro atoms. The summed E-state index contributed by atoms with van der Waals surface area (Å²) in [4.78, 5) is 24.6. The van der Waals surface area contributed by atoms with Crippen LogP contribution in [0, 0.1) is 0 Å². The Balaban J connectivity index is 1.89. The highest BCUT2D eigenvalue weighted by Gasteiger charge is 2.13. The molecule has 0 aromatic heterocycles. The molecule has 30 heavy (non-hydrogen) atoms. The van der Waals surface area contributed by atoms with Gasteiger partial charge < -0.3 is 15.4 Å². The molecule has 0 radical (unpaired) electrons. The van der Waals surface area contributed by atoms with Crippen LogP contribution in [0.3, 0.4) is 0 Å². The number of hydrogen-bond donors (Lipinski definition) is 3. The molecule has 0 aliphatic carbocycles. The fourth-order valence-electron chi connectivity index (χ4n) is 2.80. The highest BCUT2D eigenvalue weighted by Crippen LogP contribution is 2.16. The van der Waals surface area contributed by atoms with Crippen LogP contribution in [0.4, 0.5) is 5.69 Å². The van der Waals surface area contributed by atoms with Gasteiger partial charge in [-0.1, -0.05) is 38.3 Å². The molecule has 0 aliphatic rings. The van der Waals surface area contributed by atoms with Crippen LogP contribution in [0.1, 0.15) is 60.2 Å². The van der Waals surface area contributed by atoms with Crippen molar-refractivity contribution in [2.24, 2.45) is 0 Å². The van der Waals surface area contributed by atoms with E-state index in [9.17, 15) is 9.59 Å². The molecule has 0 heterocycles. The maximum atomic E-state index is 12.5. The lowest BCUT2D eigenvalue weighted by atomic mass is 10.1. The van der Waals surface area contributed by atoms with Gasteiger partial charge in [-0.2, -0.15) is 0 Å². The second-order valence-electron chi connectivity index (χ2n) is 6.75. The van der Waals surface area contributed by atoms with E-state index in [0.29, 0.717) is 30.0 Å². The van der Waals surface area contributed by atoms with Gasteiger partial charge in [0.05, 0.1) is 17.9 Å². The first kappa shape index (κ1) is 23.3. The van der Waals surface area contributed by atoms with E-state index >= 15 is 0 Å². The maximum Gasteiger partial charge on any atom is 0.257 e. The van der Waals surface area contributed by atoms with Crippen molar-refractivity contribution in [2.45, 2.75) is 39.5 Å². The minimum absolute atomic E-state index is 0.119. The minimum atomic E-state index is -0.336. The number of amides is 2. The normalized spacial score (nSPS) is 10.2. The zero-order chi connectivity index (χ0) is 21.8. The molecule has 0 atom stereocenters. The first-order valence-electron chi connectivity index (χ1n) is 10.3. The Bertz CT molecular complexity index is 853. The number of carbonyl (C=O) groups excluding carboxylic acids is 2. The quantitative estimate of drug-likeness (QED) is 0.384. The third-order valence-corrected chi connectivity index (χ3v) is 4.57. The van der Waals surface area contributed by atoms with Crippen molar-refractivity contribution in [3.63, 3.8) is 0 Å². The number of para-hydroxylation sites is 1. The number of rotatable bonds is 10. The Labute approximate surface area is 183 Å². The molecule has 2 amide bonds. The number of anilines is 1. The highest BCUT2D eigenvalue weighted by molar-refractivity contribution is 7.80. The first-order chi connectivity index (χ1) is 14.5. The zero-order valence-corrected chi connectivity index (χ0v) is 18.3. The summed E-state index contributed by atoms with van der Waals surface area (Å²) in [6, 6.07) is 13.9. The van der Waals surface area contributed by atoms with Crippen molar-refractivity contribution in [3.8, 4) is 5.75 Å². The standard InChI is InChI=1S/C23H29N3O3S/c1-3-5-6-9-16-29-18-14-12-17(13-15-18)21(27)26-23(30)25-20-11-8-7-10-19(20)22(28)24-4-2/h7-8,10-15H,3-6,9,16H2,1-2H3,(H,24,28)(H2,25,26,27,30). The number of benzene rings is 2. The van der Waals surface area contributed by atoms with Gasteiger partial charge in [-0.25, -0.2) is 0 Å². The van der Waals surface area contributed by atoms with E-state index in [4.69, 9.17) is 17.0 Å². The van der Waals surface area contributed by atoms with E-state index in [-0.39, 0.29) is 16.9 Å². The molecule has 0 saturated carbocycles. The van der Waals surface area contributed by atoms with Gasteiger partial charge in [-0.05, 0) is 62.0 Å². The summed E-state index contributed by atoms with van der Waals surface area (Å²) in [6.07, 6.45) is 4.58. The van der Waals surface area contributed by atoms with Crippen molar-refractivity contribution in [1.29, 1.82) is 0 Å². The molecule has 7 heteroatoms. The van der Waals surface area contributed by atoms with E-state index in [1.807, 2.05) is 6.92 Å². The molecule has 0 saturated heterocycles. The van der Waals surface area contributed by atoms with Crippen molar-refractivity contribution >= 4 is 34.8 Å². The Morgan fingerprint density at radius 2 is 1.67 bits per heavy atom. The molecular formula is C23H29N3O3S. The fraction of sp³-hybridized carbons (Fsp3) is 0.348. The summed E-state index contributed by atoms with van der Waals surface area (Å²) in [7, 11) is 0. The number of nitrogens with one attached hydrogen (secondary N) is 3. The van der Waals surface area contributed by atoms with E-state index in [0.717, 1.165) is 18.6 Å². The van der Waals surface area contributed by atoms with Crippen molar-refractivity contribution < 1.29 is 14.3 Å². The molecule has 6 nitrogen and oxygen atoms in total.